The summed E-state index contributed by atoms with van der Waals surface area (Å²) in [5.74, 6) is 0.403. The lowest BCUT2D eigenvalue weighted by Gasteiger charge is -2.27. The van der Waals surface area contributed by atoms with Crippen molar-refractivity contribution >= 4 is 11.9 Å². The van der Waals surface area contributed by atoms with Crippen molar-refractivity contribution < 1.29 is 9.59 Å². The normalized spacial score (nSPS) is 17.0. The molecule has 5 heteroatoms. The molecular formula is C11H21N3O2. The molecule has 5 nitrogen and oxygen atoms in total. The van der Waals surface area contributed by atoms with Gasteiger partial charge in [-0.25, -0.2) is 4.79 Å². The summed E-state index contributed by atoms with van der Waals surface area (Å²) in [4.78, 5) is 24.6. The third-order valence-electron chi connectivity index (χ3n) is 2.56. The SMILES string of the molecule is CC(C)CN(C(=O)[C@H](C)NC(N)=O)C1CC1. The van der Waals surface area contributed by atoms with Gasteiger partial charge in [-0.1, -0.05) is 13.8 Å². The van der Waals surface area contributed by atoms with Crippen LogP contribution in [0.2, 0.25) is 0 Å². The fourth-order valence-electron chi connectivity index (χ4n) is 1.72. The van der Waals surface area contributed by atoms with Crippen LogP contribution in [0.1, 0.15) is 33.6 Å². The number of hydrogen-bond acceptors (Lipinski definition) is 2. The zero-order chi connectivity index (χ0) is 12.3. The molecular weight excluding hydrogens is 206 g/mol. The van der Waals surface area contributed by atoms with Crippen LogP contribution in [0, 0.1) is 5.92 Å². The van der Waals surface area contributed by atoms with E-state index in [2.05, 4.69) is 19.2 Å². The third-order valence-corrected chi connectivity index (χ3v) is 2.56. The Kier molecular flexibility index (Phi) is 4.15. The number of nitrogens with two attached hydrogens (primary N) is 1. The molecule has 0 aromatic heterocycles. The Balaban J connectivity index is 2.55. The molecule has 0 aromatic rings. The van der Waals surface area contributed by atoms with Crippen LogP contribution in [0.3, 0.4) is 0 Å². The predicted octanol–water partition coefficient (Wildman–Crippen LogP) is 0.690. The summed E-state index contributed by atoms with van der Waals surface area (Å²) < 4.78 is 0. The van der Waals surface area contributed by atoms with E-state index in [1.807, 2.05) is 4.90 Å². The molecule has 0 saturated heterocycles. The number of carbonyl (C=O) groups excluding carboxylic acids is 2. The average Bonchev–Trinajstić information content (AvgIpc) is 2.94. The molecule has 16 heavy (non-hydrogen) atoms. The molecule has 0 radical (unpaired) electrons. The van der Waals surface area contributed by atoms with Crippen molar-refractivity contribution in [2.24, 2.45) is 11.7 Å². The van der Waals surface area contributed by atoms with Crippen molar-refractivity contribution in [3.8, 4) is 0 Å². The number of carbonyl (C=O) groups is 2. The fourth-order valence-corrected chi connectivity index (χ4v) is 1.72. The molecule has 0 heterocycles. The molecule has 1 fully saturated rings. The lowest BCUT2D eigenvalue weighted by Crippen LogP contribution is -2.50. The van der Waals surface area contributed by atoms with Gasteiger partial charge in [0.15, 0.2) is 0 Å². The van der Waals surface area contributed by atoms with Crippen LogP contribution in [0.15, 0.2) is 0 Å². The maximum atomic E-state index is 12.1. The Morgan fingerprint density at radius 1 is 1.38 bits per heavy atom. The molecule has 1 atom stereocenters. The summed E-state index contributed by atoms with van der Waals surface area (Å²) >= 11 is 0. The number of primary amides is 1. The van der Waals surface area contributed by atoms with Gasteiger partial charge in [0.2, 0.25) is 5.91 Å². The molecule has 0 aliphatic heterocycles. The van der Waals surface area contributed by atoms with Gasteiger partial charge in [-0.2, -0.15) is 0 Å². The first-order valence-corrected chi connectivity index (χ1v) is 5.78. The average molecular weight is 227 g/mol. The van der Waals surface area contributed by atoms with Gasteiger partial charge < -0.3 is 16.0 Å². The monoisotopic (exact) mass is 227 g/mol. The number of nitrogens with one attached hydrogen (secondary N) is 1. The molecule has 0 aromatic carbocycles. The second-order valence-corrected chi connectivity index (χ2v) is 4.85. The van der Waals surface area contributed by atoms with E-state index in [4.69, 9.17) is 5.73 Å². The van der Waals surface area contributed by atoms with E-state index >= 15 is 0 Å². The van der Waals surface area contributed by atoms with E-state index in [1.54, 1.807) is 6.92 Å². The van der Waals surface area contributed by atoms with Crippen molar-refractivity contribution in [3.05, 3.63) is 0 Å². The standard InChI is InChI=1S/C11H21N3O2/c1-7(2)6-14(9-4-5-9)10(15)8(3)13-11(12)16/h7-9H,4-6H2,1-3H3,(H3,12,13,16)/t8-/m0/s1. The summed E-state index contributed by atoms with van der Waals surface area (Å²) in [6.45, 7) is 6.57. The second-order valence-electron chi connectivity index (χ2n) is 4.85. The third kappa shape index (κ3) is 3.72. The Morgan fingerprint density at radius 2 is 1.94 bits per heavy atom. The summed E-state index contributed by atoms with van der Waals surface area (Å²) in [6.07, 6.45) is 2.14. The van der Waals surface area contributed by atoms with Crippen molar-refractivity contribution in [1.29, 1.82) is 0 Å². The zero-order valence-electron chi connectivity index (χ0n) is 10.2. The molecule has 0 bridgehead atoms. The topological polar surface area (TPSA) is 75.4 Å². The number of hydrogen-bond donors (Lipinski definition) is 2. The van der Waals surface area contributed by atoms with Crippen LogP contribution in [0.25, 0.3) is 0 Å². The van der Waals surface area contributed by atoms with E-state index in [1.165, 1.54) is 0 Å². The van der Waals surface area contributed by atoms with Gasteiger partial charge in [0.1, 0.15) is 6.04 Å². The Bertz CT molecular complexity index is 274. The van der Waals surface area contributed by atoms with E-state index in [-0.39, 0.29) is 5.91 Å². The minimum absolute atomic E-state index is 0.0324. The fraction of sp³-hybridized carbons (Fsp3) is 0.818. The molecule has 0 unspecified atom stereocenters. The summed E-state index contributed by atoms with van der Waals surface area (Å²) in [5.41, 5.74) is 5.00. The molecule has 3 N–H and O–H groups in total. The summed E-state index contributed by atoms with van der Waals surface area (Å²) in [5, 5.41) is 2.43. The van der Waals surface area contributed by atoms with Gasteiger partial charge in [-0.3, -0.25) is 4.79 Å². The largest absolute Gasteiger partial charge is 0.352 e. The quantitative estimate of drug-likeness (QED) is 0.725. The molecule has 1 saturated carbocycles. The number of urea groups is 1. The molecule has 1 rings (SSSR count). The van der Waals surface area contributed by atoms with Crippen LogP contribution in [-0.4, -0.2) is 35.5 Å². The Labute approximate surface area is 96.4 Å². The first kappa shape index (κ1) is 12.8. The number of nitrogens with zero attached hydrogens (tertiary/aromatic N) is 1. The smallest absolute Gasteiger partial charge is 0.312 e. The molecule has 3 amide bonds. The highest BCUT2D eigenvalue weighted by Gasteiger charge is 2.34. The highest BCUT2D eigenvalue weighted by Crippen LogP contribution is 2.28. The first-order chi connectivity index (χ1) is 7.41. The predicted molar refractivity (Wildman–Crippen MR) is 61.8 cm³/mol. The van der Waals surface area contributed by atoms with Crippen molar-refractivity contribution in [3.63, 3.8) is 0 Å². The highest BCUT2D eigenvalue weighted by atomic mass is 16.2. The lowest BCUT2D eigenvalue weighted by atomic mass is 10.2. The maximum Gasteiger partial charge on any atom is 0.312 e. The van der Waals surface area contributed by atoms with Crippen LogP contribution < -0.4 is 11.1 Å². The number of rotatable bonds is 5. The highest BCUT2D eigenvalue weighted by molar-refractivity contribution is 5.86. The molecule has 0 spiro atoms. The number of amides is 3. The van der Waals surface area contributed by atoms with E-state index < -0.39 is 12.1 Å². The first-order valence-electron chi connectivity index (χ1n) is 5.78. The summed E-state index contributed by atoms with van der Waals surface area (Å²) in [7, 11) is 0. The van der Waals surface area contributed by atoms with Crippen molar-refractivity contribution in [2.45, 2.75) is 45.7 Å². The van der Waals surface area contributed by atoms with Crippen molar-refractivity contribution in [1.82, 2.24) is 10.2 Å². The summed E-state index contributed by atoms with van der Waals surface area (Å²) in [6, 6.07) is -0.815. The van der Waals surface area contributed by atoms with Gasteiger partial charge in [0.05, 0.1) is 0 Å². The minimum Gasteiger partial charge on any atom is -0.352 e. The van der Waals surface area contributed by atoms with Crippen LogP contribution in [-0.2, 0) is 4.79 Å². The van der Waals surface area contributed by atoms with E-state index in [0.29, 0.717) is 12.0 Å². The van der Waals surface area contributed by atoms with E-state index in [0.717, 1.165) is 19.4 Å². The van der Waals surface area contributed by atoms with Gasteiger partial charge in [-0.05, 0) is 25.7 Å². The zero-order valence-corrected chi connectivity index (χ0v) is 10.2. The lowest BCUT2D eigenvalue weighted by molar-refractivity contribution is -0.133. The Hall–Kier alpha value is -1.26. The molecule has 1 aliphatic rings. The van der Waals surface area contributed by atoms with Gasteiger partial charge in [0.25, 0.3) is 0 Å². The van der Waals surface area contributed by atoms with Crippen molar-refractivity contribution in [2.75, 3.05) is 6.54 Å². The Morgan fingerprint density at radius 3 is 2.31 bits per heavy atom. The maximum absolute atomic E-state index is 12.1. The van der Waals surface area contributed by atoms with Gasteiger partial charge in [-0.15, -0.1) is 0 Å². The second kappa shape index (κ2) is 5.18. The molecule has 1 aliphatic carbocycles. The van der Waals surface area contributed by atoms with Gasteiger partial charge >= 0.3 is 6.03 Å². The molecule has 92 valence electrons. The van der Waals surface area contributed by atoms with Crippen LogP contribution >= 0.6 is 0 Å². The van der Waals surface area contributed by atoms with Crippen LogP contribution in [0.5, 0.6) is 0 Å². The van der Waals surface area contributed by atoms with Gasteiger partial charge in [0, 0.05) is 12.6 Å². The van der Waals surface area contributed by atoms with Crippen LogP contribution in [0.4, 0.5) is 4.79 Å². The van der Waals surface area contributed by atoms with E-state index in [9.17, 15) is 9.59 Å². The minimum atomic E-state index is -0.652.